The minimum atomic E-state index is -3.21. The van der Waals surface area contributed by atoms with Gasteiger partial charge in [-0.15, -0.1) is 0 Å². The van der Waals surface area contributed by atoms with Crippen LogP contribution in [0, 0.1) is 0 Å². The molecule has 2 aromatic rings. The number of carbonyl (C=O) groups is 1. The summed E-state index contributed by atoms with van der Waals surface area (Å²) < 4.78 is 22.8. The Hall–Kier alpha value is -2.21. The first kappa shape index (κ1) is 15.2. The normalized spacial score (nSPS) is 12.7. The fraction of sp³-hybridized carbons (Fsp3) is 0.200. The van der Waals surface area contributed by atoms with E-state index in [1.807, 2.05) is 6.92 Å². The second kappa shape index (κ2) is 6.05. The fourth-order valence-electron chi connectivity index (χ4n) is 1.85. The van der Waals surface area contributed by atoms with Gasteiger partial charge in [-0.25, -0.2) is 8.42 Å². The molecule has 0 fully saturated rings. The number of amides is 1. The highest BCUT2D eigenvalue weighted by Gasteiger charge is 2.13. The number of pyridine rings is 1. The van der Waals surface area contributed by atoms with Gasteiger partial charge in [0, 0.05) is 12.5 Å². The quantitative estimate of drug-likeness (QED) is 0.937. The zero-order valence-electron chi connectivity index (χ0n) is 11.8. The molecule has 0 saturated heterocycles. The van der Waals surface area contributed by atoms with Crippen molar-refractivity contribution in [2.75, 3.05) is 6.26 Å². The fourth-order valence-corrected chi connectivity index (χ4v) is 2.49. The molecule has 1 atom stereocenters. The van der Waals surface area contributed by atoms with E-state index in [2.05, 4.69) is 10.3 Å². The third kappa shape index (κ3) is 3.88. The van der Waals surface area contributed by atoms with Gasteiger partial charge in [0.15, 0.2) is 9.84 Å². The molecule has 110 valence electrons. The van der Waals surface area contributed by atoms with Gasteiger partial charge in [-0.3, -0.25) is 9.78 Å². The van der Waals surface area contributed by atoms with Crippen LogP contribution in [0.4, 0.5) is 0 Å². The van der Waals surface area contributed by atoms with E-state index in [1.165, 1.54) is 12.1 Å². The van der Waals surface area contributed by atoms with E-state index in [4.69, 9.17) is 0 Å². The summed E-state index contributed by atoms with van der Waals surface area (Å²) in [5.41, 5.74) is 1.17. The number of benzene rings is 1. The third-order valence-electron chi connectivity index (χ3n) is 3.05. The summed E-state index contributed by atoms with van der Waals surface area (Å²) >= 11 is 0. The van der Waals surface area contributed by atoms with Gasteiger partial charge in [0.05, 0.1) is 10.9 Å². The van der Waals surface area contributed by atoms with E-state index in [-0.39, 0.29) is 16.8 Å². The second-order valence-electron chi connectivity index (χ2n) is 4.75. The van der Waals surface area contributed by atoms with Crippen LogP contribution in [0.15, 0.2) is 53.6 Å². The van der Waals surface area contributed by atoms with Crippen molar-refractivity contribution >= 4 is 15.7 Å². The number of rotatable bonds is 4. The number of aromatic nitrogens is 1. The van der Waals surface area contributed by atoms with E-state index in [0.717, 1.165) is 11.8 Å². The van der Waals surface area contributed by atoms with Gasteiger partial charge in [-0.1, -0.05) is 18.2 Å². The maximum atomic E-state index is 12.0. The van der Waals surface area contributed by atoms with Crippen molar-refractivity contribution < 1.29 is 13.2 Å². The highest BCUT2D eigenvalue weighted by Crippen LogP contribution is 2.16. The second-order valence-corrected chi connectivity index (χ2v) is 6.77. The molecule has 1 aromatic heterocycles. The molecule has 6 heteroatoms. The average Bonchev–Trinajstić information content (AvgIpc) is 2.47. The maximum absolute atomic E-state index is 12.0. The predicted molar refractivity (Wildman–Crippen MR) is 79.7 cm³/mol. The lowest BCUT2D eigenvalue weighted by molar-refractivity contribution is 0.0935. The first-order chi connectivity index (χ1) is 9.88. The molecule has 0 aliphatic heterocycles. The number of nitrogens with one attached hydrogen (secondary N) is 1. The van der Waals surface area contributed by atoms with Gasteiger partial charge >= 0.3 is 0 Å². The van der Waals surface area contributed by atoms with Crippen LogP contribution < -0.4 is 5.32 Å². The van der Waals surface area contributed by atoms with Crippen molar-refractivity contribution in [3.05, 3.63) is 59.9 Å². The minimum Gasteiger partial charge on any atom is -0.344 e. The lowest BCUT2D eigenvalue weighted by atomic mass is 10.1. The minimum absolute atomic E-state index is 0.242. The molecule has 2 rings (SSSR count). The van der Waals surface area contributed by atoms with Gasteiger partial charge in [0.2, 0.25) is 0 Å². The van der Waals surface area contributed by atoms with Crippen LogP contribution in [-0.4, -0.2) is 25.6 Å². The standard InChI is InChI=1S/C15H16N2O3S/c1-11(17-15(18)14-5-3-4-10-16-14)12-6-8-13(9-7-12)21(2,19)20/h3-11H,1-2H3,(H,17,18). The number of hydrogen-bond acceptors (Lipinski definition) is 4. The Morgan fingerprint density at radius 1 is 1.14 bits per heavy atom. The Labute approximate surface area is 124 Å². The Morgan fingerprint density at radius 2 is 1.81 bits per heavy atom. The molecule has 1 unspecified atom stereocenters. The molecule has 0 spiro atoms. The van der Waals surface area contributed by atoms with Crippen molar-refractivity contribution in [1.82, 2.24) is 10.3 Å². The predicted octanol–water partition coefficient (Wildman–Crippen LogP) is 1.98. The summed E-state index contributed by atoms with van der Waals surface area (Å²) in [4.78, 5) is 16.2. The van der Waals surface area contributed by atoms with Crippen LogP contribution >= 0.6 is 0 Å². The summed E-state index contributed by atoms with van der Waals surface area (Å²) in [6.45, 7) is 1.83. The van der Waals surface area contributed by atoms with E-state index in [1.54, 1.807) is 36.5 Å². The molecule has 1 aromatic carbocycles. The van der Waals surface area contributed by atoms with Crippen molar-refractivity contribution in [2.24, 2.45) is 0 Å². The van der Waals surface area contributed by atoms with Gasteiger partial charge in [0.1, 0.15) is 5.69 Å². The van der Waals surface area contributed by atoms with Gasteiger partial charge in [0.25, 0.3) is 5.91 Å². The topological polar surface area (TPSA) is 76.1 Å². The van der Waals surface area contributed by atoms with Crippen molar-refractivity contribution in [1.29, 1.82) is 0 Å². The van der Waals surface area contributed by atoms with E-state index >= 15 is 0 Å². The van der Waals surface area contributed by atoms with Crippen molar-refractivity contribution in [3.63, 3.8) is 0 Å². The Kier molecular flexibility index (Phi) is 4.37. The average molecular weight is 304 g/mol. The summed E-state index contributed by atoms with van der Waals surface area (Å²) in [6.07, 6.45) is 2.72. The van der Waals surface area contributed by atoms with E-state index in [9.17, 15) is 13.2 Å². The molecule has 0 bridgehead atoms. The maximum Gasteiger partial charge on any atom is 0.270 e. The Morgan fingerprint density at radius 3 is 2.33 bits per heavy atom. The summed E-state index contributed by atoms with van der Waals surface area (Å²) in [6, 6.07) is 11.3. The van der Waals surface area contributed by atoms with Crippen LogP contribution in [0.25, 0.3) is 0 Å². The molecule has 0 saturated carbocycles. The molecule has 0 aliphatic rings. The van der Waals surface area contributed by atoms with Gasteiger partial charge in [-0.2, -0.15) is 0 Å². The van der Waals surface area contributed by atoms with Crippen LogP contribution in [0.1, 0.15) is 29.0 Å². The van der Waals surface area contributed by atoms with E-state index < -0.39 is 9.84 Å². The molecule has 1 heterocycles. The van der Waals surface area contributed by atoms with Crippen LogP contribution in [0.3, 0.4) is 0 Å². The molecular weight excluding hydrogens is 288 g/mol. The highest BCUT2D eigenvalue weighted by atomic mass is 32.2. The smallest absolute Gasteiger partial charge is 0.270 e. The van der Waals surface area contributed by atoms with E-state index in [0.29, 0.717) is 5.69 Å². The van der Waals surface area contributed by atoms with Gasteiger partial charge in [-0.05, 0) is 36.8 Å². The monoisotopic (exact) mass is 304 g/mol. The molecule has 5 nitrogen and oxygen atoms in total. The lowest BCUT2D eigenvalue weighted by Crippen LogP contribution is -2.27. The Balaban J connectivity index is 2.10. The SMILES string of the molecule is CC(NC(=O)c1ccccn1)c1ccc(S(C)(=O)=O)cc1. The molecule has 1 N–H and O–H groups in total. The largest absolute Gasteiger partial charge is 0.344 e. The van der Waals surface area contributed by atoms with Crippen LogP contribution in [-0.2, 0) is 9.84 Å². The first-order valence-electron chi connectivity index (χ1n) is 6.40. The number of hydrogen-bond donors (Lipinski definition) is 1. The summed E-state index contributed by atoms with van der Waals surface area (Å²) in [5, 5.41) is 2.82. The summed E-state index contributed by atoms with van der Waals surface area (Å²) in [5.74, 6) is -0.268. The number of carbonyl (C=O) groups excluding carboxylic acids is 1. The lowest BCUT2D eigenvalue weighted by Gasteiger charge is -2.14. The molecule has 0 radical (unpaired) electrons. The molecular formula is C15H16N2O3S. The third-order valence-corrected chi connectivity index (χ3v) is 4.18. The first-order valence-corrected chi connectivity index (χ1v) is 8.29. The summed E-state index contributed by atoms with van der Waals surface area (Å²) in [7, 11) is -3.21. The molecule has 0 aliphatic carbocycles. The zero-order chi connectivity index (χ0) is 15.5. The number of nitrogens with zero attached hydrogens (tertiary/aromatic N) is 1. The van der Waals surface area contributed by atoms with Crippen LogP contribution in [0.2, 0.25) is 0 Å². The molecule has 1 amide bonds. The molecule has 21 heavy (non-hydrogen) atoms. The number of sulfone groups is 1. The van der Waals surface area contributed by atoms with Crippen molar-refractivity contribution in [3.8, 4) is 0 Å². The van der Waals surface area contributed by atoms with Crippen molar-refractivity contribution in [2.45, 2.75) is 17.9 Å². The highest BCUT2D eigenvalue weighted by molar-refractivity contribution is 7.90. The van der Waals surface area contributed by atoms with Crippen LogP contribution in [0.5, 0.6) is 0 Å². The van der Waals surface area contributed by atoms with Gasteiger partial charge < -0.3 is 5.32 Å². The zero-order valence-corrected chi connectivity index (χ0v) is 12.6. The Bertz CT molecular complexity index is 725.